The van der Waals surface area contributed by atoms with Crippen molar-refractivity contribution in [3.8, 4) is 0 Å². The predicted octanol–water partition coefficient (Wildman–Crippen LogP) is 4.68. The number of nitrogens with one attached hydrogen (secondary N) is 2. The highest BCUT2D eigenvalue weighted by molar-refractivity contribution is 5.78. The van der Waals surface area contributed by atoms with Gasteiger partial charge in [-0.1, -0.05) is 71.9 Å². The van der Waals surface area contributed by atoms with Gasteiger partial charge in [0.1, 0.15) is 0 Å². The zero-order valence-corrected chi connectivity index (χ0v) is 21.4. The van der Waals surface area contributed by atoms with Crippen molar-refractivity contribution in [3.05, 3.63) is 35.9 Å². The standard InChI is InChI=1S/C28H44N2O3/c1-18(26(33)29-17-20-10-8-7-9-11-20)21-12-14-28(6)15-13-22(19(2)24(28)25(21)32)30-23(31)16-27(3,4)5/h7-11,18-19,21-22,24-25,32H,12-17H2,1-6H3,(H,29,33)(H,30,31)/t18-,19-,21-,22-,24+,25-,28+/m0/s1. The Balaban J connectivity index is 1.65. The number of aliphatic hydroxyl groups excluding tert-OH is 1. The molecule has 2 saturated carbocycles. The molecule has 0 aromatic heterocycles. The molecule has 0 bridgehead atoms. The molecule has 2 aliphatic carbocycles. The van der Waals surface area contributed by atoms with Gasteiger partial charge in [0.2, 0.25) is 11.8 Å². The van der Waals surface area contributed by atoms with Gasteiger partial charge in [0.05, 0.1) is 6.10 Å². The molecule has 5 heteroatoms. The molecule has 0 unspecified atom stereocenters. The highest BCUT2D eigenvalue weighted by atomic mass is 16.3. The lowest BCUT2D eigenvalue weighted by molar-refractivity contribution is -0.144. The quantitative estimate of drug-likeness (QED) is 0.581. The summed E-state index contributed by atoms with van der Waals surface area (Å²) >= 11 is 0. The Kier molecular flexibility index (Phi) is 7.93. The molecule has 2 aliphatic rings. The highest BCUT2D eigenvalue weighted by Crippen LogP contribution is 2.55. The number of carbonyl (C=O) groups excluding carboxylic acids is 2. The van der Waals surface area contributed by atoms with Crippen molar-refractivity contribution in [2.75, 3.05) is 0 Å². The number of aliphatic hydroxyl groups is 1. The van der Waals surface area contributed by atoms with Crippen molar-refractivity contribution in [1.29, 1.82) is 0 Å². The summed E-state index contributed by atoms with van der Waals surface area (Å²) in [6, 6.07) is 9.99. The normalized spacial score (nSPS) is 33.0. The Morgan fingerprint density at radius 1 is 1.15 bits per heavy atom. The van der Waals surface area contributed by atoms with Crippen LogP contribution in [-0.2, 0) is 16.1 Å². The zero-order chi connectivity index (χ0) is 24.4. The van der Waals surface area contributed by atoms with E-state index >= 15 is 0 Å². The molecule has 2 amide bonds. The summed E-state index contributed by atoms with van der Waals surface area (Å²) in [6.07, 6.45) is 3.79. The summed E-state index contributed by atoms with van der Waals surface area (Å²) in [5.74, 6) is 0.0319. The van der Waals surface area contributed by atoms with E-state index in [0.717, 1.165) is 31.2 Å². The van der Waals surface area contributed by atoms with Crippen LogP contribution in [0.1, 0.15) is 79.2 Å². The van der Waals surface area contributed by atoms with E-state index in [9.17, 15) is 14.7 Å². The molecule has 1 aromatic rings. The van der Waals surface area contributed by atoms with Crippen LogP contribution in [0.3, 0.4) is 0 Å². The summed E-state index contributed by atoms with van der Waals surface area (Å²) in [5.41, 5.74) is 1.08. The Bertz CT molecular complexity index is 818. The topological polar surface area (TPSA) is 78.4 Å². The van der Waals surface area contributed by atoms with Gasteiger partial charge in [0.15, 0.2) is 0 Å². The molecule has 184 valence electrons. The minimum absolute atomic E-state index is 0.00463. The third-order valence-electron chi connectivity index (χ3n) is 8.29. The third kappa shape index (κ3) is 6.17. The maximum absolute atomic E-state index is 12.9. The second-order valence-corrected chi connectivity index (χ2v) is 12.2. The van der Waals surface area contributed by atoms with Gasteiger partial charge in [-0.25, -0.2) is 0 Å². The molecule has 0 saturated heterocycles. The molecule has 33 heavy (non-hydrogen) atoms. The van der Waals surface area contributed by atoms with Crippen molar-refractivity contribution >= 4 is 11.8 Å². The number of amides is 2. The maximum atomic E-state index is 12.9. The maximum Gasteiger partial charge on any atom is 0.223 e. The van der Waals surface area contributed by atoms with E-state index in [-0.39, 0.29) is 52.4 Å². The molecule has 2 fully saturated rings. The first-order valence-electron chi connectivity index (χ1n) is 12.7. The van der Waals surface area contributed by atoms with Crippen LogP contribution in [0, 0.1) is 34.5 Å². The molecule has 7 atom stereocenters. The number of carbonyl (C=O) groups is 2. The molecule has 0 radical (unpaired) electrons. The molecule has 0 heterocycles. The van der Waals surface area contributed by atoms with Gasteiger partial charge < -0.3 is 15.7 Å². The summed E-state index contributed by atoms with van der Waals surface area (Å²) < 4.78 is 0. The fourth-order valence-electron chi connectivity index (χ4n) is 6.38. The lowest BCUT2D eigenvalue weighted by Crippen LogP contribution is -2.58. The molecular formula is C28H44N2O3. The Morgan fingerprint density at radius 3 is 2.42 bits per heavy atom. The molecule has 0 aliphatic heterocycles. The minimum atomic E-state index is -0.543. The second kappa shape index (κ2) is 10.2. The summed E-state index contributed by atoms with van der Waals surface area (Å²) in [4.78, 5) is 25.6. The predicted molar refractivity (Wildman–Crippen MR) is 132 cm³/mol. The van der Waals surface area contributed by atoms with E-state index in [2.05, 4.69) is 45.3 Å². The van der Waals surface area contributed by atoms with E-state index in [0.29, 0.717) is 13.0 Å². The average Bonchev–Trinajstić information content (AvgIpc) is 2.73. The van der Waals surface area contributed by atoms with Crippen LogP contribution >= 0.6 is 0 Å². The van der Waals surface area contributed by atoms with E-state index in [1.54, 1.807) is 0 Å². The van der Waals surface area contributed by atoms with E-state index in [1.807, 2.05) is 37.3 Å². The van der Waals surface area contributed by atoms with Crippen LogP contribution in [0.15, 0.2) is 30.3 Å². The van der Waals surface area contributed by atoms with E-state index < -0.39 is 6.10 Å². The average molecular weight is 457 g/mol. The minimum Gasteiger partial charge on any atom is -0.392 e. The van der Waals surface area contributed by atoms with E-state index in [1.165, 1.54) is 0 Å². The number of rotatable bonds is 6. The first-order chi connectivity index (χ1) is 15.4. The van der Waals surface area contributed by atoms with Crippen LogP contribution in [-0.4, -0.2) is 29.1 Å². The Labute approximate surface area is 200 Å². The van der Waals surface area contributed by atoms with Crippen LogP contribution in [0.4, 0.5) is 0 Å². The van der Waals surface area contributed by atoms with Gasteiger partial charge in [-0.3, -0.25) is 9.59 Å². The van der Waals surface area contributed by atoms with Crippen molar-refractivity contribution in [3.63, 3.8) is 0 Å². The number of hydrogen-bond acceptors (Lipinski definition) is 3. The van der Waals surface area contributed by atoms with Crippen LogP contribution in [0.25, 0.3) is 0 Å². The number of hydrogen-bond donors (Lipinski definition) is 3. The zero-order valence-electron chi connectivity index (χ0n) is 21.4. The molecule has 3 N–H and O–H groups in total. The smallest absolute Gasteiger partial charge is 0.223 e. The van der Waals surface area contributed by atoms with Crippen molar-refractivity contribution in [1.82, 2.24) is 10.6 Å². The van der Waals surface area contributed by atoms with Gasteiger partial charge in [-0.05, 0) is 59.8 Å². The molecular weight excluding hydrogens is 412 g/mol. The van der Waals surface area contributed by atoms with Gasteiger partial charge >= 0.3 is 0 Å². The third-order valence-corrected chi connectivity index (χ3v) is 8.29. The van der Waals surface area contributed by atoms with Gasteiger partial charge in [0.25, 0.3) is 0 Å². The van der Waals surface area contributed by atoms with E-state index in [4.69, 9.17) is 0 Å². The largest absolute Gasteiger partial charge is 0.392 e. The van der Waals surface area contributed by atoms with Gasteiger partial charge in [-0.2, -0.15) is 0 Å². The van der Waals surface area contributed by atoms with Crippen LogP contribution in [0.5, 0.6) is 0 Å². The Hall–Kier alpha value is -1.88. The summed E-state index contributed by atoms with van der Waals surface area (Å²) in [5, 5.41) is 17.9. The van der Waals surface area contributed by atoms with Gasteiger partial charge in [0, 0.05) is 24.9 Å². The first kappa shape index (κ1) is 25.7. The molecule has 1 aromatic carbocycles. The lowest BCUT2D eigenvalue weighted by atomic mass is 9.51. The molecule has 5 nitrogen and oxygen atoms in total. The number of fused-ring (bicyclic) bond motifs is 1. The Morgan fingerprint density at radius 2 is 1.79 bits per heavy atom. The second-order valence-electron chi connectivity index (χ2n) is 12.2. The molecule has 0 spiro atoms. The van der Waals surface area contributed by atoms with Crippen molar-refractivity contribution in [2.24, 2.45) is 34.5 Å². The van der Waals surface area contributed by atoms with Crippen LogP contribution in [0.2, 0.25) is 0 Å². The molecule has 3 rings (SSSR count). The van der Waals surface area contributed by atoms with Gasteiger partial charge in [-0.15, -0.1) is 0 Å². The van der Waals surface area contributed by atoms with Crippen molar-refractivity contribution < 1.29 is 14.7 Å². The lowest BCUT2D eigenvalue weighted by Gasteiger charge is -2.56. The highest BCUT2D eigenvalue weighted by Gasteiger charge is 2.53. The number of benzene rings is 1. The fraction of sp³-hybridized carbons (Fsp3) is 0.714. The summed E-state index contributed by atoms with van der Waals surface area (Å²) in [6.45, 7) is 13.2. The monoisotopic (exact) mass is 456 g/mol. The first-order valence-corrected chi connectivity index (χ1v) is 12.7. The van der Waals surface area contributed by atoms with Crippen LogP contribution < -0.4 is 10.6 Å². The summed E-state index contributed by atoms with van der Waals surface area (Å²) in [7, 11) is 0. The van der Waals surface area contributed by atoms with Crippen molar-refractivity contribution in [2.45, 2.75) is 92.3 Å². The fourth-order valence-corrected chi connectivity index (χ4v) is 6.38. The SMILES string of the molecule is C[C@@H]1[C@@H]2[C@@H](O)[C@H]([C@H](C)C(=O)NCc3ccccc3)CC[C@]2(C)CC[C@@H]1NC(=O)CC(C)(C)C.